The van der Waals surface area contributed by atoms with Crippen LogP contribution in [0, 0.1) is 0 Å². The van der Waals surface area contributed by atoms with Gasteiger partial charge in [-0.15, -0.1) is 0 Å². The van der Waals surface area contributed by atoms with Crippen LogP contribution >= 0.6 is 0 Å². The molecule has 1 saturated heterocycles. The summed E-state index contributed by atoms with van der Waals surface area (Å²) in [6, 6.07) is 1.83. The Labute approximate surface area is 139 Å². The van der Waals surface area contributed by atoms with Gasteiger partial charge in [0.25, 0.3) is 11.5 Å². The highest BCUT2D eigenvalue weighted by Crippen LogP contribution is 2.33. The van der Waals surface area contributed by atoms with Crippen molar-refractivity contribution in [2.24, 2.45) is 0 Å². The molecule has 124 valence electrons. The van der Waals surface area contributed by atoms with Gasteiger partial charge < -0.3 is 9.88 Å². The Kier molecular flexibility index (Phi) is 3.63. The van der Waals surface area contributed by atoms with Gasteiger partial charge in [0.2, 0.25) is 0 Å². The Morgan fingerprint density at radius 2 is 2.08 bits per heavy atom. The Bertz CT molecular complexity index is 833. The van der Waals surface area contributed by atoms with E-state index in [4.69, 9.17) is 0 Å². The number of nitrogens with one attached hydrogen (secondary N) is 1. The highest BCUT2D eigenvalue weighted by Gasteiger charge is 2.41. The fourth-order valence-corrected chi connectivity index (χ4v) is 3.86. The summed E-state index contributed by atoms with van der Waals surface area (Å²) < 4.78 is 0. The molecule has 4 rings (SSSR count). The van der Waals surface area contributed by atoms with Crippen molar-refractivity contribution >= 4 is 5.91 Å². The summed E-state index contributed by atoms with van der Waals surface area (Å²) in [6.45, 7) is 1.97. The summed E-state index contributed by atoms with van der Waals surface area (Å²) in [5, 5.41) is 7.54. The SMILES string of the molecule is CCc1nc2c(c(=O)[nH]1)C[C@H]1CC[C@@H](C2)N1C(=O)c1ccnnc1. The molecule has 0 aliphatic carbocycles. The minimum atomic E-state index is -0.0534. The van der Waals surface area contributed by atoms with Gasteiger partial charge >= 0.3 is 0 Å². The fourth-order valence-electron chi connectivity index (χ4n) is 3.86. The summed E-state index contributed by atoms with van der Waals surface area (Å²) in [6.07, 6.45) is 6.81. The number of rotatable bonds is 2. The van der Waals surface area contributed by atoms with E-state index < -0.39 is 0 Å². The van der Waals surface area contributed by atoms with E-state index in [9.17, 15) is 9.59 Å². The maximum atomic E-state index is 12.9. The predicted octanol–water partition coefficient (Wildman–Crippen LogP) is 0.894. The monoisotopic (exact) mass is 325 g/mol. The van der Waals surface area contributed by atoms with Crippen molar-refractivity contribution in [1.29, 1.82) is 0 Å². The molecule has 2 aromatic heterocycles. The van der Waals surface area contributed by atoms with Crippen LogP contribution in [0.3, 0.4) is 0 Å². The average molecular weight is 325 g/mol. The molecular weight excluding hydrogens is 306 g/mol. The minimum Gasteiger partial charge on any atom is -0.332 e. The summed E-state index contributed by atoms with van der Waals surface area (Å²) in [4.78, 5) is 34.7. The van der Waals surface area contributed by atoms with E-state index in [1.54, 1.807) is 6.07 Å². The summed E-state index contributed by atoms with van der Waals surface area (Å²) in [5.74, 6) is 0.685. The molecule has 2 aliphatic rings. The number of carbonyl (C=O) groups is 1. The predicted molar refractivity (Wildman–Crippen MR) is 86.7 cm³/mol. The van der Waals surface area contributed by atoms with Gasteiger partial charge in [0, 0.05) is 36.9 Å². The zero-order valence-electron chi connectivity index (χ0n) is 13.5. The molecular formula is C17H19N5O2. The van der Waals surface area contributed by atoms with Crippen LogP contribution in [-0.2, 0) is 19.3 Å². The maximum Gasteiger partial charge on any atom is 0.256 e. The number of carbonyl (C=O) groups excluding carboxylic acids is 1. The van der Waals surface area contributed by atoms with E-state index in [1.807, 2.05) is 11.8 Å². The fraction of sp³-hybridized carbons (Fsp3) is 0.471. The maximum absolute atomic E-state index is 12.9. The van der Waals surface area contributed by atoms with Crippen LogP contribution in [0.5, 0.6) is 0 Å². The van der Waals surface area contributed by atoms with Gasteiger partial charge in [-0.3, -0.25) is 9.59 Å². The molecule has 7 nitrogen and oxygen atoms in total. The van der Waals surface area contributed by atoms with Crippen LogP contribution in [0.4, 0.5) is 0 Å². The minimum absolute atomic E-state index is 0.0302. The second-order valence-electron chi connectivity index (χ2n) is 6.43. The number of aromatic nitrogens is 4. The summed E-state index contributed by atoms with van der Waals surface area (Å²) >= 11 is 0. The number of aryl methyl sites for hydroxylation is 1. The van der Waals surface area contributed by atoms with Crippen molar-refractivity contribution in [3.8, 4) is 0 Å². The molecule has 0 saturated carbocycles. The van der Waals surface area contributed by atoms with E-state index in [0.717, 1.165) is 24.1 Å². The molecule has 0 spiro atoms. The standard InChI is InChI=1S/C17H19N5O2/c1-2-15-20-14-8-12-4-3-11(7-13(14)16(23)21-15)22(12)17(24)10-5-6-18-19-9-10/h5-6,9,11-12H,2-4,7-8H2,1H3,(H,20,21,23)/t11-,12+/m1/s1. The van der Waals surface area contributed by atoms with E-state index in [-0.39, 0.29) is 23.6 Å². The van der Waals surface area contributed by atoms with E-state index in [2.05, 4.69) is 20.2 Å². The van der Waals surface area contributed by atoms with Crippen molar-refractivity contribution < 1.29 is 4.79 Å². The molecule has 0 unspecified atom stereocenters. The van der Waals surface area contributed by atoms with Crippen molar-refractivity contribution in [3.05, 3.63) is 51.5 Å². The normalized spacial score (nSPS) is 22.1. The Morgan fingerprint density at radius 1 is 1.29 bits per heavy atom. The van der Waals surface area contributed by atoms with Crippen LogP contribution in [0.2, 0.25) is 0 Å². The second-order valence-corrected chi connectivity index (χ2v) is 6.43. The quantitative estimate of drug-likeness (QED) is 0.885. The van der Waals surface area contributed by atoms with Gasteiger partial charge in [-0.25, -0.2) is 4.98 Å². The van der Waals surface area contributed by atoms with Gasteiger partial charge in [-0.2, -0.15) is 10.2 Å². The van der Waals surface area contributed by atoms with Gasteiger partial charge in [0.05, 0.1) is 23.7 Å². The first-order valence-corrected chi connectivity index (χ1v) is 8.37. The number of fused-ring (bicyclic) bond motifs is 3. The summed E-state index contributed by atoms with van der Waals surface area (Å²) in [5.41, 5.74) is 2.09. The summed E-state index contributed by atoms with van der Waals surface area (Å²) in [7, 11) is 0. The van der Waals surface area contributed by atoms with Crippen LogP contribution in [-0.4, -0.2) is 43.1 Å². The van der Waals surface area contributed by atoms with Crippen LogP contribution in [0.1, 0.15) is 47.2 Å². The second kappa shape index (κ2) is 5.81. The van der Waals surface area contributed by atoms with Gasteiger partial charge in [-0.05, 0) is 18.9 Å². The third-order valence-electron chi connectivity index (χ3n) is 5.04. The Hall–Kier alpha value is -2.57. The number of hydrogen-bond donors (Lipinski definition) is 1. The Balaban J connectivity index is 1.71. The molecule has 2 aromatic rings. The number of aromatic amines is 1. The average Bonchev–Trinajstić information content (AvgIpc) is 2.90. The van der Waals surface area contributed by atoms with Gasteiger partial charge in [0.15, 0.2) is 0 Å². The molecule has 2 atom stereocenters. The van der Waals surface area contributed by atoms with Crippen molar-refractivity contribution in [2.45, 2.75) is 51.1 Å². The Morgan fingerprint density at radius 3 is 2.79 bits per heavy atom. The lowest BCUT2D eigenvalue weighted by atomic mass is 9.98. The topological polar surface area (TPSA) is 91.8 Å². The van der Waals surface area contributed by atoms with Crippen LogP contribution in [0.15, 0.2) is 23.3 Å². The molecule has 0 radical (unpaired) electrons. The molecule has 7 heteroatoms. The van der Waals surface area contributed by atoms with Crippen molar-refractivity contribution in [3.63, 3.8) is 0 Å². The smallest absolute Gasteiger partial charge is 0.256 e. The molecule has 24 heavy (non-hydrogen) atoms. The first kappa shape index (κ1) is 15.0. The van der Waals surface area contributed by atoms with Crippen LogP contribution < -0.4 is 5.56 Å². The van der Waals surface area contributed by atoms with Gasteiger partial charge in [0.1, 0.15) is 5.82 Å². The van der Waals surface area contributed by atoms with Crippen molar-refractivity contribution in [1.82, 2.24) is 25.1 Å². The first-order chi connectivity index (χ1) is 11.7. The van der Waals surface area contributed by atoms with E-state index in [1.165, 1.54) is 12.4 Å². The van der Waals surface area contributed by atoms with Crippen molar-refractivity contribution in [2.75, 3.05) is 0 Å². The molecule has 2 aliphatic heterocycles. The molecule has 0 aromatic carbocycles. The lowest BCUT2D eigenvalue weighted by Gasteiger charge is -2.28. The largest absolute Gasteiger partial charge is 0.332 e. The molecule has 1 amide bonds. The number of hydrogen-bond acceptors (Lipinski definition) is 5. The lowest BCUT2D eigenvalue weighted by molar-refractivity contribution is 0.0672. The first-order valence-electron chi connectivity index (χ1n) is 8.37. The van der Waals surface area contributed by atoms with Crippen LogP contribution in [0.25, 0.3) is 0 Å². The number of amides is 1. The molecule has 1 fully saturated rings. The zero-order chi connectivity index (χ0) is 16.7. The molecule has 1 N–H and O–H groups in total. The highest BCUT2D eigenvalue weighted by molar-refractivity contribution is 5.94. The van der Waals surface area contributed by atoms with E-state index >= 15 is 0 Å². The highest BCUT2D eigenvalue weighted by atomic mass is 16.2. The molecule has 2 bridgehead atoms. The lowest BCUT2D eigenvalue weighted by Crippen LogP contribution is -2.41. The number of H-pyrrole nitrogens is 1. The third kappa shape index (κ3) is 2.40. The zero-order valence-corrected chi connectivity index (χ0v) is 13.5. The van der Waals surface area contributed by atoms with E-state index in [0.29, 0.717) is 30.7 Å². The van der Waals surface area contributed by atoms with Gasteiger partial charge in [-0.1, -0.05) is 6.92 Å². The molecule has 4 heterocycles. The number of nitrogens with zero attached hydrogens (tertiary/aromatic N) is 4. The third-order valence-corrected chi connectivity index (χ3v) is 5.04.